The molecule has 10 heteroatoms. The smallest absolute Gasteiger partial charge is 0.339 e. The van der Waals surface area contributed by atoms with Crippen LogP contribution in [0, 0.1) is 12.8 Å². The van der Waals surface area contributed by atoms with Gasteiger partial charge in [-0.1, -0.05) is 25.4 Å². The van der Waals surface area contributed by atoms with E-state index in [4.69, 9.17) is 26.1 Å². The molecule has 194 valence electrons. The minimum absolute atomic E-state index is 0.0892. The third kappa shape index (κ3) is 6.67. The van der Waals surface area contributed by atoms with Crippen molar-refractivity contribution in [2.75, 3.05) is 25.6 Å². The zero-order valence-corrected chi connectivity index (χ0v) is 23.4. The van der Waals surface area contributed by atoms with Gasteiger partial charge < -0.3 is 19.9 Å². The summed E-state index contributed by atoms with van der Waals surface area (Å²) in [5.41, 5.74) is 3.64. The van der Waals surface area contributed by atoms with Crippen LogP contribution < -0.4 is 10.1 Å². The Morgan fingerprint density at radius 3 is 2.65 bits per heavy atom. The van der Waals surface area contributed by atoms with E-state index in [-0.39, 0.29) is 11.4 Å². The van der Waals surface area contributed by atoms with Crippen LogP contribution in [0.25, 0.3) is 21.7 Å². The summed E-state index contributed by atoms with van der Waals surface area (Å²) in [5, 5.41) is 16.1. The van der Waals surface area contributed by atoms with Crippen molar-refractivity contribution in [3.8, 4) is 27.4 Å². The average Bonchev–Trinajstić information content (AvgIpc) is 3.46. The van der Waals surface area contributed by atoms with E-state index < -0.39 is 5.97 Å². The summed E-state index contributed by atoms with van der Waals surface area (Å²) >= 11 is 9.54. The van der Waals surface area contributed by atoms with Crippen molar-refractivity contribution in [3.63, 3.8) is 0 Å². The maximum Gasteiger partial charge on any atom is 0.339 e. The van der Waals surface area contributed by atoms with Gasteiger partial charge in [-0.15, -0.1) is 22.7 Å². The maximum absolute atomic E-state index is 12.1. The largest absolute Gasteiger partial charge is 0.490 e. The number of benzene rings is 1. The maximum atomic E-state index is 12.1. The van der Waals surface area contributed by atoms with E-state index in [1.807, 2.05) is 36.6 Å². The second-order valence-electron chi connectivity index (χ2n) is 8.91. The number of carboxylic acid groups (broad SMARTS) is 1. The molecule has 2 N–H and O–H groups in total. The lowest BCUT2D eigenvalue weighted by atomic mass is 10.0. The molecule has 3 aromatic heterocycles. The highest BCUT2D eigenvalue weighted by molar-refractivity contribution is 7.16. The van der Waals surface area contributed by atoms with Crippen LogP contribution in [0.3, 0.4) is 0 Å². The first kappa shape index (κ1) is 27.1. The van der Waals surface area contributed by atoms with Crippen LogP contribution in [0.1, 0.15) is 34.6 Å². The number of hydrogen-bond acceptors (Lipinski definition) is 8. The number of carboxylic acids is 1. The summed E-state index contributed by atoms with van der Waals surface area (Å²) in [6, 6.07) is 9.26. The highest BCUT2D eigenvalue weighted by Gasteiger charge is 2.19. The Hall–Kier alpha value is -2.98. The molecule has 0 saturated carbocycles. The quantitative estimate of drug-likeness (QED) is 0.184. The number of methoxy groups -OCH3 is 1. The number of nitrogens with one attached hydrogen (secondary N) is 1. The fourth-order valence-corrected chi connectivity index (χ4v) is 6.00. The van der Waals surface area contributed by atoms with Crippen molar-refractivity contribution < 1.29 is 19.4 Å². The number of pyridine rings is 1. The van der Waals surface area contributed by atoms with Crippen molar-refractivity contribution in [1.82, 2.24) is 9.97 Å². The molecule has 4 aromatic rings. The molecular weight excluding hydrogens is 530 g/mol. The minimum Gasteiger partial charge on any atom is -0.490 e. The van der Waals surface area contributed by atoms with Gasteiger partial charge in [0.15, 0.2) is 5.13 Å². The number of ether oxygens (including phenoxy) is 2. The van der Waals surface area contributed by atoms with E-state index >= 15 is 0 Å². The van der Waals surface area contributed by atoms with E-state index in [2.05, 4.69) is 24.1 Å². The molecule has 0 radical (unpaired) electrons. The first-order valence-electron chi connectivity index (χ1n) is 11.7. The monoisotopic (exact) mass is 557 g/mol. The van der Waals surface area contributed by atoms with Gasteiger partial charge in [0.05, 0.1) is 17.3 Å². The Balaban J connectivity index is 1.65. The van der Waals surface area contributed by atoms with E-state index in [0.29, 0.717) is 35.0 Å². The zero-order chi connectivity index (χ0) is 26.5. The Kier molecular flexibility index (Phi) is 8.81. The molecular formula is C27H28ClN3O4S2. The van der Waals surface area contributed by atoms with Gasteiger partial charge in [-0.3, -0.25) is 0 Å². The Bertz CT molecular complexity index is 1400. The number of anilines is 2. The molecule has 0 bridgehead atoms. The van der Waals surface area contributed by atoms with Crippen molar-refractivity contribution in [2.24, 2.45) is 5.92 Å². The highest BCUT2D eigenvalue weighted by Crippen LogP contribution is 2.38. The van der Waals surface area contributed by atoms with Gasteiger partial charge in [0.2, 0.25) is 0 Å². The molecule has 0 atom stereocenters. The van der Waals surface area contributed by atoms with Crippen LogP contribution in [0.4, 0.5) is 10.9 Å². The number of thiophene rings is 1. The molecule has 3 heterocycles. The summed E-state index contributed by atoms with van der Waals surface area (Å²) in [4.78, 5) is 23.4. The summed E-state index contributed by atoms with van der Waals surface area (Å²) in [5.74, 6) is 0.180. The number of aromatic carboxylic acids is 1. The fourth-order valence-electron chi connectivity index (χ4n) is 3.69. The molecule has 0 aliphatic heterocycles. The van der Waals surface area contributed by atoms with Crippen LogP contribution in [-0.2, 0) is 11.2 Å². The number of halogens is 1. The standard InChI is InChI=1S/C27H28ClN3O4S2/c1-15(2)9-23-24(17-5-6-21(20(28)12-17)35-8-7-34-4)30-27(37-23)31-25-19(26(32)33)11-18(13-29-25)22-10-16(3)14-36-22/h5-6,10-15H,7-9H2,1-4H3,(H,32,33)(H,29,30,31). The average molecular weight is 558 g/mol. The van der Waals surface area contributed by atoms with Crippen LogP contribution in [-0.4, -0.2) is 41.4 Å². The molecule has 4 rings (SSSR count). The zero-order valence-electron chi connectivity index (χ0n) is 21.0. The number of hydrogen-bond donors (Lipinski definition) is 2. The Labute approximate surface area is 229 Å². The normalized spacial score (nSPS) is 11.2. The van der Waals surface area contributed by atoms with E-state index in [0.717, 1.165) is 38.6 Å². The summed E-state index contributed by atoms with van der Waals surface area (Å²) < 4.78 is 10.7. The topological polar surface area (TPSA) is 93.6 Å². The lowest BCUT2D eigenvalue weighted by molar-refractivity contribution is 0.0697. The van der Waals surface area contributed by atoms with Crippen LogP contribution in [0.5, 0.6) is 5.75 Å². The van der Waals surface area contributed by atoms with Gasteiger partial charge in [0, 0.05) is 34.2 Å². The van der Waals surface area contributed by atoms with Crippen LogP contribution in [0.2, 0.25) is 5.02 Å². The van der Waals surface area contributed by atoms with Gasteiger partial charge in [-0.25, -0.2) is 14.8 Å². The molecule has 0 aliphatic carbocycles. The van der Waals surface area contributed by atoms with Crippen LogP contribution >= 0.6 is 34.3 Å². The number of aromatic nitrogens is 2. The lowest BCUT2D eigenvalue weighted by Gasteiger charge is -2.10. The molecule has 0 amide bonds. The first-order valence-corrected chi connectivity index (χ1v) is 13.8. The molecule has 37 heavy (non-hydrogen) atoms. The molecule has 0 spiro atoms. The number of aryl methyl sites for hydroxylation is 1. The van der Waals surface area contributed by atoms with Gasteiger partial charge in [-0.2, -0.15) is 0 Å². The molecule has 0 fully saturated rings. The third-order valence-electron chi connectivity index (χ3n) is 5.40. The minimum atomic E-state index is -1.06. The molecule has 1 aromatic carbocycles. The number of thiazole rings is 1. The molecule has 0 unspecified atom stereocenters. The van der Waals surface area contributed by atoms with E-state index in [1.54, 1.807) is 30.7 Å². The van der Waals surface area contributed by atoms with E-state index in [9.17, 15) is 9.90 Å². The lowest BCUT2D eigenvalue weighted by Crippen LogP contribution is -2.05. The van der Waals surface area contributed by atoms with E-state index in [1.165, 1.54) is 11.3 Å². The SMILES string of the molecule is COCCOc1ccc(-c2nc(Nc3ncc(-c4cc(C)cs4)cc3C(=O)O)sc2CC(C)C)cc1Cl. The number of nitrogens with zero attached hydrogens (tertiary/aromatic N) is 2. The third-order valence-corrected chi connectivity index (χ3v) is 7.79. The summed E-state index contributed by atoms with van der Waals surface area (Å²) in [6.45, 7) is 7.17. The van der Waals surface area contributed by atoms with Gasteiger partial charge in [0.1, 0.15) is 23.7 Å². The van der Waals surface area contributed by atoms with Crippen molar-refractivity contribution >= 4 is 51.2 Å². The predicted octanol–water partition coefficient (Wildman–Crippen LogP) is 7.56. The van der Waals surface area contributed by atoms with Crippen molar-refractivity contribution in [1.29, 1.82) is 0 Å². The molecule has 0 aliphatic rings. The Morgan fingerprint density at radius 1 is 1.19 bits per heavy atom. The number of carbonyl (C=O) groups is 1. The second-order valence-corrected chi connectivity index (χ2v) is 11.3. The van der Waals surface area contributed by atoms with Gasteiger partial charge in [-0.05, 0) is 60.5 Å². The predicted molar refractivity (Wildman–Crippen MR) is 151 cm³/mol. The fraction of sp³-hybridized carbons (Fsp3) is 0.296. The molecule has 0 saturated heterocycles. The number of rotatable bonds is 11. The van der Waals surface area contributed by atoms with Crippen molar-refractivity contribution in [3.05, 3.63) is 62.9 Å². The first-order chi connectivity index (χ1) is 17.7. The highest BCUT2D eigenvalue weighted by atomic mass is 35.5. The van der Waals surface area contributed by atoms with Crippen molar-refractivity contribution in [2.45, 2.75) is 27.2 Å². The summed E-state index contributed by atoms with van der Waals surface area (Å²) in [7, 11) is 1.62. The van der Waals surface area contributed by atoms with Gasteiger partial charge >= 0.3 is 5.97 Å². The Morgan fingerprint density at radius 2 is 2.00 bits per heavy atom. The second kappa shape index (κ2) is 12.0. The molecule has 7 nitrogen and oxygen atoms in total. The summed E-state index contributed by atoms with van der Waals surface area (Å²) in [6.07, 6.45) is 2.50. The van der Waals surface area contributed by atoms with Crippen LogP contribution in [0.15, 0.2) is 41.9 Å². The van der Waals surface area contributed by atoms with Gasteiger partial charge in [0.25, 0.3) is 0 Å².